The Morgan fingerprint density at radius 1 is 1.32 bits per heavy atom. The van der Waals surface area contributed by atoms with E-state index in [4.69, 9.17) is 5.73 Å². The van der Waals surface area contributed by atoms with Gasteiger partial charge in [-0.25, -0.2) is 0 Å². The first-order chi connectivity index (χ1) is 10.3. The number of carbonyl (C=O) groups is 1. The summed E-state index contributed by atoms with van der Waals surface area (Å²) < 4.78 is 37.6. The SMILES string of the molecule is CC(N)C1CCCCN1C(=O)Cc1ccc(C(F)(F)F)cc1. The van der Waals surface area contributed by atoms with Gasteiger partial charge in [0.25, 0.3) is 0 Å². The standard InChI is InChI=1S/C16H21F3N2O/c1-11(20)14-4-2-3-9-21(14)15(22)10-12-5-7-13(8-6-12)16(17,18)19/h5-8,11,14H,2-4,9-10,20H2,1H3. The lowest BCUT2D eigenvalue weighted by Crippen LogP contribution is -2.52. The van der Waals surface area contributed by atoms with Gasteiger partial charge in [-0.2, -0.15) is 13.2 Å². The number of piperidine rings is 1. The lowest BCUT2D eigenvalue weighted by Gasteiger charge is -2.38. The van der Waals surface area contributed by atoms with Crippen molar-refractivity contribution < 1.29 is 18.0 Å². The first-order valence-electron chi connectivity index (χ1n) is 7.50. The molecule has 2 unspecified atom stereocenters. The summed E-state index contributed by atoms with van der Waals surface area (Å²) >= 11 is 0. The maximum absolute atomic E-state index is 12.5. The average molecular weight is 314 g/mol. The molecule has 2 N–H and O–H groups in total. The van der Waals surface area contributed by atoms with Gasteiger partial charge in [0.05, 0.1) is 12.0 Å². The van der Waals surface area contributed by atoms with Crippen molar-refractivity contribution >= 4 is 5.91 Å². The van der Waals surface area contributed by atoms with E-state index in [0.717, 1.165) is 31.4 Å². The van der Waals surface area contributed by atoms with Crippen LogP contribution in [-0.2, 0) is 17.4 Å². The molecule has 1 aromatic carbocycles. The van der Waals surface area contributed by atoms with E-state index in [1.165, 1.54) is 12.1 Å². The Morgan fingerprint density at radius 3 is 2.50 bits per heavy atom. The molecule has 1 fully saturated rings. The van der Waals surface area contributed by atoms with Gasteiger partial charge < -0.3 is 10.6 Å². The first kappa shape index (κ1) is 16.8. The van der Waals surface area contributed by atoms with E-state index in [0.29, 0.717) is 12.1 Å². The number of nitrogens with zero attached hydrogens (tertiary/aromatic N) is 1. The van der Waals surface area contributed by atoms with Gasteiger partial charge in [0.1, 0.15) is 0 Å². The summed E-state index contributed by atoms with van der Waals surface area (Å²) in [5.74, 6) is -0.0678. The van der Waals surface area contributed by atoms with Crippen LogP contribution in [0.5, 0.6) is 0 Å². The van der Waals surface area contributed by atoms with Crippen molar-refractivity contribution in [2.45, 2.75) is 50.9 Å². The van der Waals surface area contributed by atoms with Gasteiger partial charge in [-0.15, -0.1) is 0 Å². The van der Waals surface area contributed by atoms with Gasteiger partial charge in [-0.1, -0.05) is 12.1 Å². The summed E-state index contributed by atoms with van der Waals surface area (Å²) in [4.78, 5) is 14.2. The van der Waals surface area contributed by atoms with Gasteiger partial charge in [-0.05, 0) is 43.9 Å². The molecule has 1 aliphatic heterocycles. The number of halogens is 3. The fourth-order valence-electron chi connectivity index (χ4n) is 2.90. The second-order valence-corrected chi connectivity index (χ2v) is 5.88. The summed E-state index contributed by atoms with van der Waals surface area (Å²) in [5, 5.41) is 0. The van der Waals surface area contributed by atoms with Crippen LogP contribution in [0.3, 0.4) is 0 Å². The molecule has 2 atom stereocenters. The minimum atomic E-state index is -4.35. The highest BCUT2D eigenvalue weighted by atomic mass is 19.4. The molecule has 0 bridgehead atoms. The molecule has 122 valence electrons. The number of nitrogens with two attached hydrogens (primary N) is 1. The Kier molecular flexibility index (Phi) is 5.11. The number of carbonyl (C=O) groups excluding carboxylic acids is 1. The fraction of sp³-hybridized carbons (Fsp3) is 0.562. The fourth-order valence-corrected chi connectivity index (χ4v) is 2.90. The van der Waals surface area contributed by atoms with Crippen molar-refractivity contribution in [1.82, 2.24) is 4.90 Å². The van der Waals surface area contributed by atoms with E-state index in [9.17, 15) is 18.0 Å². The van der Waals surface area contributed by atoms with E-state index in [-0.39, 0.29) is 24.4 Å². The number of hydrogen-bond donors (Lipinski definition) is 1. The molecule has 1 saturated heterocycles. The molecular weight excluding hydrogens is 293 g/mol. The van der Waals surface area contributed by atoms with Gasteiger partial charge in [0.2, 0.25) is 5.91 Å². The highest BCUT2D eigenvalue weighted by Crippen LogP contribution is 2.29. The third-order valence-electron chi connectivity index (χ3n) is 4.11. The molecule has 0 radical (unpaired) electrons. The van der Waals surface area contributed by atoms with Crippen LogP contribution in [0, 0.1) is 0 Å². The maximum Gasteiger partial charge on any atom is 0.416 e. The normalized spacial score (nSPS) is 20.8. The van der Waals surface area contributed by atoms with Gasteiger partial charge >= 0.3 is 6.18 Å². The van der Waals surface area contributed by atoms with Crippen molar-refractivity contribution in [2.75, 3.05) is 6.54 Å². The van der Waals surface area contributed by atoms with E-state index in [1.807, 2.05) is 6.92 Å². The van der Waals surface area contributed by atoms with Crippen molar-refractivity contribution in [1.29, 1.82) is 0 Å². The summed E-state index contributed by atoms with van der Waals surface area (Å²) in [6.45, 7) is 2.56. The molecule has 1 heterocycles. The molecule has 22 heavy (non-hydrogen) atoms. The first-order valence-corrected chi connectivity index (χ1v) is 7.50. The highest BCUT2D eigenvalue weighted by Gasteiger charge is 2.31. The average Bonchev–Trinajstić information content (AvgIpc) is 2.46. The number of hydrogen-bond acceptors (Lipinski definition) is 2. The Balaban J connectivity index is 2.04. The smallest absolute Gasteiger partial charge is 0.338 e. The highest BCUT2D eigenvalue weighted by molar-refractivity contribution is 5.79. The summed E-state index contributed by atoms with van der Waals surface area (Å²) in [5.41, 5.74) is 5.83. The number of amides is 1. The van der Waals surface area contributed by atoms with Gasteiger partial charge in [0, 0.05) is 18.6 Å². The lowest BCUT2D eigenvalue weighted by molar-refractivity contribution is -0.137. The zero-order valence-corrected chi connectivity index (χ0v) is 12.6. The van der Waals surface area contributed by atoms with Crippen LogP contribution in [0.25, 0.3) is 0 Å². The number of rotatable bonds is 3. The van der Waals surface area contributed by atoms with Crippen molar-refractivity contribution in [2.24, 2.45) is 5.73 Å². The number of benzene rings is 1. The quantitative estimate of drug-likeness (QED) is 0.932. The van der Waals surface area contributed by atoms with Gasteiger partial charge in [-0.3, -0.25) is 4.79 Å². The monoisotopic (exact) mass is 314 g/mol. The second kappa shape index (κ2) is 6.69. The zero-order valence-electron chi connectivity index (χ0n) is 12.6. The predicted molar refractivity (Wildman–Crippen MR) is 78.1 cm³/mol. The predicted octanol–water partition coefficient (Wildman–Crippen LogP) is 2.98. The summed E-state index contributed by atoms with van der Waals surface area (Å²) in [6, 6.07) is 4.69. The molecule has 0 spiro atoms. The molecule has 3 nitrogen and oxygen atoms in total. The van der Waals surface area contributed by atoms with Gasteiger partial charge in [0.15, 0.2) is 0 Å². The number of likely N-dealkylation sites (tertiary alicyclic amines) is 1. The second-order valence-electron chi connectivity index (χ2n) is 5.88. The molecule has 6 heteroatoms. The summed E-state index contributed by atoms with van der Waals surface area (Å²) in [6.07, 6.45) is -1.36. The maximum atomic E-state index is 12.5. The van der Waals surface area contributed by atoms with E-state index in [2.05, 4.69) is 0 Å². The van der Waals surface area contributed by atoms with Crippen LogP contribution in [0.4, 0.5) is 13.2 Å². The molecular formula is C16H21F3N2O. The van der Waals surface area contributed by atoms with E-state index in [1.54, 1.807) is 4.90 Å². The molecule has 2 rings (SSSR count). The largest absolute Gasteiger partial charge is 0.416 e. The van der Waals surface area contributed by atoms with Crippen molar-refractivity contribution in [3.8, 4) is 0 Å². The topological polar surface area (TPSA) is 46.3 Å². The van der Waals surface area contributed by atoms with Crippen LogP contribution < -0.4 is 5.73 Å². The van der Waals surface area contributed by atoms with Crippen LogP contribution in [0.1, 0.15) is 37.3 Å². The van der Waals surface area contributed by atoms with Crippen molar-refractivity contribution in [3.05, 3.63) is 35.4 Å². The molecule has 1 aliphatic rings. The Bertz CT molecular complexity index is 511. The molecule has 0 aliphatic carbocycles. The van der Waals surface area contributed by atoms with Crippen LogP contribution in [0.15, 0.2) is 24.3 Å². The van der Waals surface area contributed by atoms with Crippen LogP contribution in [-0.4, -0.2) is 29.4 Å². The molecule has 1 aromatic rings. The summed E-state index contributed by atoms with van der Waals surface area (Å²) in [7, 11) is 0. The Hall–Kier alpha value is -1.56. The third-order valence-corrected chi connectivity index (χ3v) is 4.11. The molecule has 1 amide bonds. The zero-order chi connectivity index (χ0) is 16.3. The Morgan fingerprint density at radius 2 is 1.95 bits per heavy atom. The number of alkyl halides is 3. The van der Waals surface area contributed by atoms with Crippen molar-refractivity contribution in [3.63, 3.8) is 0 Å². The van der Waals surface area contributed by atoms with E-state index >= 15 is 0 Å². The minimum Gasteiger partial charge on any atom is -0.338 e. The van der Waals surface area contributed by atoms with E-state index < -0.39 is 11.7 Å². The minimum absolute atomic E-state index is 0.0238. The Labute approximate surface area is 128 Å². The van der Waals surface area contributed by atoms with Crippen LogP contribution in [0.2, 0.25) is 0 Å². The third kappa shape index (κ3) is 4.00. The van der Waals surface area contributed by atoms with Crippen LogP contribution >= 0.6 is 0 Å². The lowest BCUT2D eigenvalue weighted by atomic mass is 9.96. The molecule has 0 saturated carbocycles. The molecule has 0 aromatic heterocycles.